The van der Waals surface area contributed by atoms with Crippen molar-refractivity contribution in [2.24, 2.45) is 0 Å². The zero-order valence-electron chi connectivity index (χ0n) is 7.92. The molecule has 0 radical (unpaired) electrons. The number of hydrogen-bond donors (Lipinski definition) is 1. The van der Waals surface area contributed by atoms with Crippen LogP contribution >= 0.6 is 22.9 Å². The smallest absolute Gasteiger partial charge is 0.188 e. The third-order valence-corrected chi connectivity index (χ3v) is 2.97. The third-order valence-electron chi connectivity index (χ3n) is 1.89. The molecule has 0 aliphatic heterocycles. The van der Waals surface area contributed by atoms with Crippen molar-refractivity contribution in [1.82, 2.24) is 4.98 Å². The van der Waals surface area contributed by atoms with Crippen molar-refractivity contribution in [3.63, 3.8) is 0 Å². The third kappa shape index (κ3) is 2.46. The van der Waals surface area contributed by atoms with Gasteiger partial charge in [0, 0.05) is 11.1 Å². The molecule has 5 heteroatoms. The van der Waals surface area contributed by atoms with Crippen LogP contribution in [-0.4, -0.2) is 4.98 Å². The van der Waals surface area contributed by atoms with Gasteiger partial charge >= 0.3 is 0 Å². The molecule has 1 aromatic carbocycles. The predicted octanol–water partition coefficient (Wildman–Crippen LogP) is 3.99. The lowest BCUT2D eigenvalue weighted by atomic mass is 10.2. The first-order valence-electron chi connectivity index (χ1n) is 4.29. The minimum atomic E-state index is -0.210. The summed E-state index contributed by atoms with van der Waals surface area (Å²) in [7, 11) is 0. The van der Waals surface area contributed by atoms with E-state index >= 15 is 0 Å². The van der Waals surface area contributed by atoms with Crippen molar-refractivity contribution in [3.05, 3.63) is 40.1 Å². The van der Waals surface area contributed by atoms with Gasteiger partial charge in [-0.05, 0) is 30.7 Å². The van der Waals surface area contributed by atoms with E-state index in [0.29, 0.717) is 15.8 Å². The lowest BCUT2D eigenvalue weighted by molar-refractivity contribution is 0.619. The van der Waals surface area contributed by atoms with Gasteiger partial charge in [0.05, 0.1) is 0 Å². The largest absolute Gasteiger partial charge is 0.332 e. The van der Waals surface area contributed by atoms with Crippen LogP contribution in [0.2, 0.25) is 5.15 Å². The molecule has 0 aliphatic carbocycles. The van der Waals surface area contributed by atoms with Crippen LogP contribution in [0.1, 0.15) is 5.56 Å². The summed E-state index contributed by atoms with van der Waals surface area (Å²) in [5, 5.41) is 5.95. The lowest BCUT2D eigenvalue weighted by Gasteiger charge is -2.03. The summed E-state index contributed by atoms with van der Waals surface area (Å²) in [4.78, 5) is 4.04. The van der Waals surface area contributed by atoms with Gasteiger partial charge in [0.1, 0.15) is 11.0 Å². The van der Waals surface area contributed by atoms with Crippen molar-refractivity contribution >= 4 is 33.8 Å². The Bertz CT molecular complexity index is 484. The van der Waals surface area contributed by atoms with Gasteiger partial charge in [-0.2, -0.15) is 0 Å². The number of aryl methyl sites for hydroxylation is 1. The van der Waals surface area contributed by atoms with Gasteiger partial charge in [0.15, 0.2) is 5.13 Å². The van der Waals surface area contributed by atoms with Crippen molar-refractivity contribution < 1.29 is 4.39 Å². The summed E-state index contributed by atoms with van der Waals surface area (Å²) in [6.07, 6.45) is 0. The fraction of sp³-hybridized carbons (Fsp3) is 0.100. The molecule has 0 amide bonds. The minimum absolute atomic E-state index is 0.210. The molecule has 2 rings (SSSR count). The normalized spacial score (nSPS) is 10.3. The maximum Gasteiger partial charge on any atom is 0.188 e. The van der Waals surface area contributed by atoms with E-state index in [1.807, 2.05) is 0 Å². The average Bonchev–Trinajstić information content (AvgIpc) is 2.58. The minimum Gasteiger partial charge on any atom is -0.332 e. The highest BCUT2D eigenvalue weighted by Crippen LogP contribution is 2.24. The summed E-state index contributed by atoms with van der Waals surface area (Å²) in [5.41, 5.74) is 1.41. The molecule has 0 saturated heterocycles. The molecule has 0 bridgehead atoms. The van der Waals surface area contributed by atoms with Crippen LogP contribution in [0.4, 0.5) is 15.2 Å². The number of hydrogen-bond acceptors (Lipinski definition) is 3. The topological polar surface area (TPSA) is 24.9 Å². The Morgan fingerprint density at radius 3 is 2.87 bits per heavy atom. The van der Waals surface area contributed by atoms with Crippen molar-refractivity contribution in [3.8, 4) is 0 Å². The van der Waals surface area contributed by atoms with Gasteiger partial charge in [-0.1, -0.05) is 11.6 Å². The van der Waals surface area contributed by atoms with Crippen molar-refractivity contribution in [2.45, 2.75) is 6.92 Å². The fourth-order valence-electron chi connectivity index (χ4n) is 1.16. The monoisotopic (exact) mass is 242 g/mol. The number of nitrogens with one attached hydrogen (secondary N) is 1. The van der Waals surface area contributed by atoms with E-state index in [2.05, 4.69) is 10.3 Å². The Morgan fingerprint density at radius 2 is 2.27 bits per heavy atom. The number of benzene rings is 1. The van der Waals surface area contributed by atoms with E-state index in [4.69, 9.17) is 11.6 Å². The molecule has 1 aromatic heterocycles. The first-order valence-corrected chi connectivity index (χ1v) is 5.55. The highest BCUT2D eigenvalue weighted by atomic mass is 35.5. The SMILES string of the molecule is Cc1cc(Nc2nc(Cl)cs2)ccc1F. The summed E-state index contributed by atoms with van der Waals surface area (Å²) in [6, 6.07) is 4.81. The molecular formula is C10H8ClFN2S. The second kappa shape index (κ2) is 4.16. The molecule has 2 nitrogen and oxygen atoms in total. The predicted molar refractivity (Wildman–Crippen MR) is 61.5 cm³/mol. The van der Waals surface area contributed by atoms with Gasteiger partial charge in [0.25, 0.3) is 0 Å². The lowest BCUT2D eigenvalue weighted by Crippen LogP contribution is -1.91. The number of nitrogens with zero attached hydrogens (tertiary/aromatic N) is 1. The molecule has 1 heterocycles. The van der Waals surface area contributed by atoms with Gasteiger partial charge in [-0.3, -0.25) is 0 Å². The second-order valence-electron chi connectivity index (χ2n) is 3.06. The molecule has 0 aliphatic rings. The Labute approximate surface area is 95.7 Å². The number of anilines is 2. The number of thiazole rings is 1. The Kier molecular flexibility index (Phi) is 2.88. The molecule has 78 valence electrons. The van der Waals surface area contributed by atoms with Gasteiger partial charge in [0.2, 0.25) is 0 Å². The van der Waals surface area contributed by atoms with E-state index in [1.165, 1.54) is 17.4 Å². The van der Waals surface area contributed by atoms with Crippen LogP contribution in [0.3, 0.4) is 0 Å². The summed E-state index contributed by atoms with van der Waals surface area (Å²) in [5.74, 6) is -0.210. The van der Waals surface area contributed by atoms with Crippen LogP contribution < -0.4 is 5.32 Å². The number of aromatic nitrogens is 1. The van der Waals surface area contributed by atoms with Crippen LogP contribution in [0.5, 0.6) is 0 Å². The quantitative estimate of drug-likeness (QED) is 0.861. The van der Waals surface area contributed by atoms with Crippen LogP contribution in [-0.2, 0) is 0 Å². The standard InChI is InChI=1S/C10H8ClFN2S/c1-6-4-7(2-3-8(6)12)13-10-14-9(11)5-15-10/h2-5H,1H3,(H,13,14). The van der Waals surface area contributed by atoms with Gasteiger partial charge in [-0.15, -0.1) is 11.3 Å². The maximum absolute atomic E-state index is 13.0. The Morgan fingerprint density at radius 1 is 1.47 bits per heavy atom. The highest BCUT2D eigenvalue weighted by molar-refractivity contribution is 7.14. The van der Waals surface area contributed by atoms with Crippen LogP contribution in [0.15, 0.2) is 23.6 Å². The van der Waals surface area contributed by atoms with Crippen LogP contribution in [0.25, 0.3) is 0 Å². The molecule has 0 saturated carbocycles. The number of rotatable bonds is 2. The zero-order valence-corrected chi connectivity index (χ0v) is 9.49. The molecule has 1 N–H and O–H groups in total. The molecule has 0 unspecified atom stereocenters. The highest BCUT2D eigenvalue weighted by Gasteiger charge is 2.02. The molecular weight excluding hydrogens is 235 g/mol. The molecule has 0 atom stereocenters. The molecule has 2 aromatic rings. The van der Waals surface area contributed by atoms with Crippen molar-refractivity contribution in [1.29, 1.82) is 0 Å². The van der Waals surface area contributed by atoms with E-state index in [1.54, 1.807) is 24.4 Å². The zero-order chi connectivity index (χ0) is 10.8. The van der Waals surface area contributed by atoms with Gasteiger partial charge in [-0.25, -0.2) is 9.37 Å². The molecule has 0 spiro atoms. The first-order chi connectivity index (χ1) is 7.15. The maximum atomic E-state index is 13.0. The summed E-state index contributed by atoms with van der Waals surface area (Å²) >= 11 is 7.09. The summed E-state index contributed by atoms with van der Waals surface area (Å²) in [6.45, 7) is 1.72. The van der Waals surface area contributed by atoms with Crippen molar-refractivity contribution in [2.75, 3.05) is 5.32 Å². The second-order valence-corrected chi connectivity index (χ2v) is 4.31. The number of halogens is 2. The van der Waals surface area contributed by atoms with E-state index < -0.39 is 0 Å². The first kappa shape index (κ1) is 10.4. The fourth-order valence-corrected chi connectivity index (χ4v) is 2.02. The van der Waals surface area contributed by atoms with E-state index in [-0.39, 0.29) is 5.82 Å². The molecule has 15 heavy (non-hydrogen) atoms. The van der Waals surface area contributed by atoms with Crippen LogP contribution in [0, 0.1) is 12.7 Å². The Hall–Kier alpha value is -1.13. The van der Waals surface area contributed by atoms with Gasteiger partial charge < -0.3 is 5.32 Å². The average molecular weight is 243 g/mol. The van der Waals surface area contributed by atoms with E-state index in [9.17, 15) is 4.39 Å². The molecule has 0 fully saturated rings. The summed E-state index contributed by atoms with van der Waals surface area (Å²) < 4.78 is 13.0. The Balaban J connectivity index is 2.21. The van der Waals surface area contributed by atoms with E-state index in [0.717, 1.165) is 5.69 Å².